The highest BCUT2D eigenvalue weighted by atomic mass is 33.5. The lowest BCUT2D eigenvalue weighted by atomic mass is 10.8. The van der Waals surface area contributed by atoms with Gasteiger partial charge >= 0.3 is 0 Å². The molecule has 0 nitrogen and oxygen atoms in total. The summed E-state index contributed by atoms with van der Waals surface area (Å²) < 4.78 is 0. The van der Waals surface area contributed by atoms with Crippen LogP contribution in [0.3, 0.4) is 0 Å². The summed E-state index contributed by atoms with van der Waals surface area (Å²) in [6.45, 7) is -1.89. The Balaban J connectivity index is 8.02. The molecule has 0 spiro atoms. The molecule has 2 radical (unpaired) electrons. The van der Waals surface area contributed by atoms with Gasteiger partial charge in [0, 0.05) is 0 Å². The molecule has 0 aliphatic rings. The van der Waals surface area contributed by atoms with Gasteiger partial charge in [-0.05, 0) is 141 Å². The van der Waals surface area contributed by atoms with Crippen LogP contribution in [0.4, 0.5) is 0 Å². The van der Waals surface area contributed by atoms with Gasteiger partial charge in [0.2, 0.25) is 0 Å². The number of hydrogen-bond acceptors (Lipinski definition) is 0. The third kappa shape index (κ3) is 22.1. The molecule has 0 rings (SSSR count). The van der Waals surface area contributed by atoms with Crippen LogP contribution in [0.5, 0.6) is 0 Å². The Bertz CT molecular complexity index is 609. The molecule has 42 heteroatoms. The Morgan fingerprint density at radius 2 is 0.500 bits per heavy atom. The van der Waals surface area contributed by atoms with E-state index in [1.165, 1.54) is 7.96 Å². The fraction of sp³-hybridized carbons (Fsp3) is 0. The highest BCUT2D eigenvalue weighted by Crippen LogP contribution is 3.39. The molecule has 42 heavy (non-hydrogen) atoms. The minimum Gasteiger partial charge on any atom is -0.136 e. The zero-order valence-electron chi connectivity index (χ0n) is 21.6. The van der Waals surface area contributed by atoms with Crippen molar-refractivity contribution in [1.82, 2.24) is 0 Å². The third-order valence-corrected chi connectivity index (χ3v) is 280. The van der Waals surface area contributed by atoms with E-state index in [9.17, 15) is 0 Å². The largest absolute Gasteiger partial charge is 0.136 e. The quantitative estimate of drug-likeness (QED) is 0.0842. The van der Waals surface area contributed by atoms with Crippen molar-refractivity contribution in [2.45, 2.75) is 0 Å². The van der Waals surface area contributed by atoms with Crippen molar-refractivity contribution in [1.29, 1.82) is 0 Å². The lowest BCUT2D eigenvalue weighted by molar-refractivity contribution is 4.42. The Morgan fingerprint density at radius 3 is 0.690 bits per heavy atom. The number of hydrogen-bond donors (Lipinski definition) is 0. The molecule has 0 saturated carbocycles. The summed E-state index contributed by atoms with van der Waals surface area (Å²) in [4.78, 5) is 0. The minimum absolute atomic E-state index is 0.0224. The van der Waals surface area contributed by atoms with E-state index in [0.29, 0.717) is 8.15 Å². The molecule has 0 aromatic heterocycles. The maximum atomic E-state index is 6.85. The van der Waals surface area contributed by atoms with Crippen LogP contribution in [0.2, 0.25) is 0 Å². The summed E-state index contributed by atoms with van der Waals surface area (Å²) in [6, 6.07) is 0. The van der Waals surface area contributed by atoms with Crippen LogP contribution in [0.25, 0.3) is 0 Å². The van der Waals surface area contributed by atoms with Crippen LogP contribution in [-0.2, 0) is 0 Å². The Morgan fingerprint density at radius 1 is 0.262 bits per heavy atom. The van der Waals surface area contributed by atoms with E-state index in [4.69, 9.17) is 7.57 Å². The first-order valence-electron chi connectivity index (χ1n) is 9.52. The van der Waals surface area contributed by atoms with Crippen LogP contribution in [-0.4, -0.2) is 7.57 Å². The molecule has 0 bridgehead atoms. The topological polar surface area (TPSA) is 0 Å². The molecule has 0 fully saturated rings. The maximum Gasteiger partial charge on any atom is 0.111 e. The van der Waals surface area contributed by atoms with Crippen LogP contribution >= 0.6 is 327 Å². The Kier molecular flexibility index (Phi) is 47.2. The summed E-state index contributed by atoms with van der Waals surface area (Å²) >= 11 is 0. The monoisotopic (exact) mass is 1320 g/mol. The molecule has 25 atom stereocenters. The van der Waals surface area contributed by atoms with E-state index in [2.05, 4.69) is 179 Å². The molecule has 0 N–H and O–H groups in total. The van der Waals surface area contributed by atoms with Crippen molar-refractivity contribution >= 4 is 335 Å². The Labute approximate surface area is 330 Å². The number of rotatable bonds is 20. The fourth-order valence-electron chi connectivity index (χ4n) is 2.33. The summed E-state index contributed by atoms with van der Waals surface area (Å²) in [6.07, 6.45) is 0. The van der Waals surface area contributed by atoms with Gasteiger partial charge in [-0.3, -0.25) is 0 Å². The van der Waals surface area contributed by atoms with Crippen molar-refractivity contribution in [2.75, 3.05) is 0 Å². The average Bonchev–Trinajstić information content (AvgIpc) is 2.78. The van der Waals surface area contributed by atoms with Gasteiger partial charge in [-0.1, -0.05) is 0 Å². The normalized spacial score (nSPS) is 16.8. The van der Waals surface area contributed by atoms with Crippen molar-refractivity contribution in [3.05, 3.63) is 0 Å². The molecular weight excluding hydrogens is 1280 g/mol. The van der Waals surface area contributed by atoms with E-state index in [1.807, 2.05) is 0 Å². The zero-order chi connectivity index (χ0) is 33.4. The molecule has 250 valence electrons. The summed E-state index contributed by atoms with van der Waals surface area (Å²) in [5.41, 5.74) is 0. The lowest BCUT2D eigenvalue weighted by Gasteiger charge is -2.52. The first-order chi connectivity index (χ1) is 19.1. The fourth-order valence-corrected chi connectivity index (χ4v) is 547. The van der Waals surface area contributed by atoms with Gasteiger partial charge in [0.15, 0.2) is 0 Å². The van der Waals surface area contributed by atoms with Crippen molar-refractivity contribution in [2.24, 2.45) is 0 Å². The van der Waals surface area contributed by atoms with Crippen molar-refractivity contribution in [3.63, 3.8) is 0 Å². The molecule has 0 saturated heterocycles. The van der Waals surface area contributed by atoms with Crippen molar-refractivity contribution in [3.8, 4) is 0 Å². The molecule has 25 unspecified atom stereocenters. The Hall–Kier alpha value is 17.7. The molecular formula is H42BP41. The molecule has 0 aromatic rings. The predicted octanol–water partition coefficient (Wildman–Crippen LogP) is 23.7. The van der Waals surface area contributed by atoms with Gasteiger partial charge in [-0.2, -0.15) is 0 Å². The van der Waals surface area contributed by atoms with E-state index >= 15 is 0 Å². The van der Waals surface area contributed by atoms with Crippen LogP contribution < -0.4 is 0 Å². The highest BCUT2D eigenvalue weighted by Gasteiger charge is 2.50. The zero-order valence-corrected chi connectivity index (χ0v) is 63.7. The van der Waals surface area contributed by atoms with Gasteiger partial charge in [0.1, 0.15) is 7.57 Å². The highest BCUT2D eigenvalue weighted by molar-refractivity contribution is 9.44. The molecule has 0 aromatic carbocycles. The third-order valence-electron chi connectivity index (χ3n) is 3.54. The minimum atomic E-state index is -0.176. The lowest BCUT2D eigenvalue weighted by Crippen LogP contribution is -1.64. The van der Waals surface area contributed by atoms with Crippen molar-refractivity contribution < 1.29 is 0 Å². The van der Waals surface area contributed by atoms with Gasteiger partial charge in [-0.15, -0.1) is 187 Å². The van der Waals surface area contributed by atoms with Gasteiger partial charge in [-0.25, -0.2) is 0 Å². The second-order valence-corrected chi connectivity index (χ2v) is 173. The van der Waals surface area contributed by atoms with Gasteiger partial charge < -0.3 is 0 Å². The first kappa shape index (κ1) is 59.7. The average molecular weight is 1320 g/mol. The van der Waals surface area contributed by atoms with Gasteiger partial charge in [0.05, 0.1) is 0 Å². The van der Waals surface area contributed by atoms with E-state index in [0.717, 1.165) is 0 Å². The summed E-state index contributed by atoms with van der Waals surface area (Å²) in [7, 11) is 75.7. The van der Waals surface area contributed by atoms with Gasteiger partial charge in [0.25, 0.3) is 0 Å². The molecule has 0 amide bonds. The second kappa shape index (κ2) is 33.2. The van der Waals surface area contributed by atoms with Crippen LogP contribution in [0.15, 0.2) is 0 Å². The first-order valence-corrected chi connectivity index (χ1v) is 84.0. The molecule has 0 heterocycles. The maximum absolute atomic E-state index is 6.85. The standard InChI is InChI=1S/BH42P41/c1-22-34(24(2)3)41(33(20)21)36(42(39(29(12)13)30(14)15)40(31(16)17)32(18)19)23-35(37(25(4)5)26(6)7)38(27(8)9)28(10)11/h22-23H,2-21H2. The van der Waals surface area contributed by atoms with E-state index < -0.39 is 0 Å². The summed E-state index contributed by atoms with van der Waals surface area (Å²) in [5.74, 6) is 0. The molecule has 0 aliphatic heterocycles. The summed E-state index contributed by atoms with van der Waals surface area (Å²) in [5, 5.41) is 0. The van der Waals surface area contributed by atoms with Crippen LogP contribution in [0, 0.1) is 0 Å². The predicted molar refractivity (Wildman–Crippen MR) is 348 cm³/mol. The van der Waals surface area contributed by atoms with E-state index in [1.54, 1.807) is 0 Å². The van der Waals surface area contributed by atoms with E-state index in [-0.39, 0.29) is 133 Å². The molecule has 0 aliphatic carbocycles. The second-order valence-electron chi connectivity index (χ2n) is 6.51. The SMILES string of the molecule is [B]PP(P(P)P)P(P(P)P)P(PP(P(P(P)P)P(P)P)P(P(P)P)P(P)P)P(P(P(P)P)P(P)P)P(P(P)P)P(P)P. The smallest absolute Gasteiger partial charge is 0.111 e. The van der Waals surface area contributed by atoms with Crippen LogP contribution in [0.1, 0.15) is 0 Å².